The molecular weight excluding hydrogens is 206 g/mol. The molecular formula is C16H11N. The SMILES string of the molecule is c1ccc2c(c1)N2c1ccc2ccccc2c1. The molecule has 0 unspecified atom stereocenters. The highest BCUT2D eigenvalue weighted by Gasteiger charge is 2.29. The zero-order valence-electron chi connectivity index (χ0n) is 9.30. The third kappa shape index (κ3) is 1.26. The number of fused-ring (bicyclic) bond motifs is 2. The van der Waals surface area contributed by atoms with Gasteiger partial charge in [0.25, 0.3) is 0 Å². The lowest BCUT2D eigenvalue weighted by Gasteiger charge is -2.05. The first kappa shape index (κ1) is 8.82. The fourth-order valence-electron chi connectivity index (χ4n) is 2.40. The molecule has 0 atom stereocenters. The molecule has 0 spiro atoms. The minimum Gasteiger partial charge on any atom is -0.306 e. The molecule has 1 heteroatoms. The lowest BCUT2D eigenvalue weighted by Crippen LogP contribution is -1.88. The van der Waals surface area contributed by atoms with E-state index >= 15 is 0 Å². The Labute approximate surface area is 99.9 Å². The summed E-state index contributed by atoms with van der Waals surface area (Å²) in [5.74, 6) is 0. The lowest BCUT2D eigenvalue weighted by atomic mass is 10.1. The van der Waals surface area contributed by atoms with E-state index in [1.807, 2.05) is 0 Å². The van der Waals surface area contributed by atoms with E-state index < -0.39 is 0 Å². The molecule has 17 heavy (non-hydrogen) atoms. The van der Waals surface area contributed by atoms with Crippen LogP contribution in [0.25, 0.3) is 10.8 Å². The molecule has 1 aliphatic heterocycles. The molecule has 0 radical (unpaired) electrons. The zero-order chi connectivity index (χ0) is 11.2. The van der Waals surface area contributed by atoms with E-state index in [-0.39, 0.29) is 0 Å². The summed E-state index contributed by atoms with van der Waals surface area (Å²) < 4.78 is 0. The van der Waals surface area contributed by atoms with Crippen molar-refractivity contribution in [2.24, 2.45) is 0 Å². The quantitative estimate of drug-likeness (QED) is 0.420. The Balaban J connectivity index is 1.84. The van der Waals surface area contributed by atoms with E-state index in [9.17, 15) is 0 Å². The smallest absolute Gasteiger partial charge is 0.0703 e. The standard InChI is InChI=1S/C16H11N/c1-2-6-13-11-14(10-9-12(13)5-1)17-15-7-3-4-8-16(15)17/h1-11H. The highest BCUT2D eigenvalue weighted by Crippen LogP contribution is 2.53. The molecule has 0 aromatic heterocycles. The molecule has 0 fully saturated rings. The molecule has 1 aliphatic rings. The summed E-state index contributed by atoms with van der Waals surface area (Å²) >= 11 is 0. The molecule has 0 saturated carbocycles. The summed E-state index contributed by atoms with van der Waals surface area (Å²) in [5.41, 5.74) is 3.90. The summed E-state index contributed by atoms with van der Waals surface area (Å²) in [6, 6.07) is 23.6. The highest BCUT2D eigenvalue weighted by atomic mass is 15.3. The van der Waals surface area contributed by atoms with Gasteiger partial charge in [-0.15, -0.1) is 0 Å². The largest absolute Gasteiger partial charge is 0.306 e. The number of benzene rings is 3. The van der Waals surface area contributed by atoms with Gasteiger partial charge in [0.2, 0.25) is 0 Å². The average molecular weight is 217 g/mol. The minimum absolute atomic E-state index is 1.25. The number of para-hydroxylation sites is 2. The predicted octanol–water partition coefficient (Wildman–Crippen LogP) is 4.62. The molecule has 4 rings (SSSR count). The van der Waals surface area contributed by atoms with Gasteiger partial charge in [-0.05, 0) is 35.0 Å². The predicted molar refractivity (Wildman–Crippen MR) is 72.2 cm³/mol. The van der Waals surface area contributed by atoms with Gasteiger partial charge in [-0.1, -0.05) is 42.5 Å². The summed E-state index contributed by atoms with van der Waals surface area (Å²) in [4.78, 5) is 2.28. The van der Waals surface area contributed by atoms with Crippen LogP contribution in [-0.2, 0) is 0 Å². The first-order valence-corrected chi connectivity index (χ1v) is 5.81. The van der Waals surface area contributed by atoms with Crippen molar-refractivity contribution >= 4 is 27.8 Å². The molecule has 3 aromatic rings. The number of nitrogens with zero attached hydrogens (tertiary/aromatic N) is 1. The highest BCUT2D eigenvalue weighted by molar-refractivity contribution is 6.02. The fourth-order valence-corrected chi connectivity index (χ4v) is 2.40. The van der Waals surface area contributed by atoms with Gasteiger partial charge in [0, 0.05) is 5.69 Å². The van der Waals surface area contributed by atoms with E-state index in [4.69, 9.17) is 0 Å². The van der Waals surface area contributed by atoms with Crippen LogP contribution in [0.2, 0.25) is 0 Å². The van der Waals surface area contributed by atoms with Crippen LogP contribution in [0.5, 0.6) is 0 Å². The van der Waals surface area contributed by atoms with Crippen LogP contribution in [0.15, 0.2) is 66.7 Å². The molecule has 1 nitrogen and oxygen atoms in total. The maximum atomic E-state index is 2.28. The molecule has 1 heterocycles. The van der Waals surface area contributed by atoms with E-state index in [0.29, 0.717) is 0 Å². The van der Waals surface area contributed by atoms with Crippen LogP contribution in [0.3, 0.4) is 0 Å². The molecule has 0 N–H and O–H groups in total. The van der Waals surface area contributed by atoms with E-state index in [1.165, 1.54) is 27.8 Å². The van der Waals surface area contributed by atoms with Crippen LogP contribution >= 0.6 is 0 Å². The number of hydrogen-bond donors (Lipinski definition) is 0. The van der Waals surface area contributed by atoms with Crippen molar-refractivity contribution in [1.82, 2.24) is 0 Å². The molecule has 0 amide bonds. The Kier molecular flexibility index (Phi) is 1.61. The molecule has 3 aromatic carbocycles. The second kappa shape index (κ2) is 3.11. The number of rotatable bonds is 1. The average Bonchev–Trinajstić information content (AvgIpc) is 3.12. The van der Waals surface area contributed by atoms with E-state index in [1.54, 1.807) is 0 Å². The zero-order valence-corrected chi connectivity index (χ0v) is 9.30. The van der Waals surface area contributed by atoms with Crippen molar-refractivity contribution in [3.05, 3.63) is 66.7 Å². The maximum Gasteiger partial charge on any atom is 0.0703 e. The third-order valence-electron chi connectivity index (χ3n) is 3.30. The van der Waals surface area contributed by atoms with Gasteiger partial charge in [0.1, 0.15) is 0 Å². The second-order valence-corrected chi connectivity index (χ2v) is 4.36. The summed E-state index contributed by atoms with van der Waals surface area (Å²) in [6.45, 7) is 0. The number of anilines is 3. The van der Waals surface area contributed by atoms with Gasteiger partial charge in [0.15, 0.2) is 0 Å². The monoisotopic (exact) mass is 217 g/mol. The Morgan fingerprint density at radius 2 is 1.24 bits per heavy atom. The number of hydrogen-bond acceptors (Lipinski definition) is 1. The Bertz CT molecular complexity index is 692. The summed E-state index contributed by atoms with van der Waals surface area (Å²) in [5, 5.41) is 2.59. The van der Waals surface area contributed by atoms with Gasteiger partial charge in [0.05, 0.1) is 11.4 Å². The van der Waals surface area contributed by atoms with Crippen LogP contribution < -0.4 is 4.90 Å². The van der Waals surface area contributed by atoms with E-state index in [0.717, 1.165) is 0 Å². The molecule has 0 aliphatic carbocycles. The first-order chi connectivity index (χ1) is 8.43. The fraction of sp³-hybridized carbons (Fsp3) is 0. The van der Waals surface area contributed by atoms with Crippen molar-refractivity contribution < 1.29 is 0 Å². The summed E-state index contributed by atoms with van der Waals surface area (Å²) in [6.07, 6.45) is 0. The normalized spacial score (nSPS) is 12.6. The topological polar surface area (TPSA) is 3.01 Å². The molecule has 0 bridgehead atoms. The molecule has 0 saturated heterocycles. The van der Waals surface area contributed by atoms with Crippen molar-refractivity contribution in [3.8, 4) is 0 Å². The Morgan fingerprint density at radius 1 is 0.588 bits per heavy atom. The third-order valence-corrected chi connectivity index (χ3v) is 3.30. The van der Waals surface area contributed by atoms with Gasteiger partial charge < -0.3 is 4.90 Å². The van der Waals surface area contributed by atoms with Crippen LogP contribution in [0.4, 0.5) is 17.1 Å². The van der Waals surface area contributed by atoms with Gasteiger partial charge in [-0.3, -0.25) is 0 Å². The second-order valence-electron chi connectivity index (χ2n) is 4.36. The Morgan fingerprint density at radius 3 is 2.00 bits per heavy atom. The van der Waals surface area contributed by atoms with Crippen molar-refractivity contribution in [2.75, 3.05) is 4.90 Å². The van der Waals surface area contributed by atoms with Crippen LogP contribution in [0, 0.1) is 0 Å². The lowest BCUT2D eigenvalue weighted by molar-refractivity contribution is 1.51. The maximum absolute atomic E-state index is 2.28. The van der Waals surface area contributed by atoms with Crippen LogP contribution in [-0.4, -0.2) is 0 Å². The van der Waals surface area contributed by atoms with Crippen LogP contribution in [0.1, 0.15) is 0 Å². The minimum atomic E-state index is 1.25. The van der Waals surface area contributed by atoms with Crippen molar-refractivity contribution in [1.29, 1.82) is 0 Å². The van der Waals surface area contributed by atoms with Crippen molar-refractivity contribution in [2.45, 2.75) is 0 Å². The Hall–Kier alpha value is -2.28. The van der Waals surface area contributed by atoms with E-state index in [2.05, 4.69) is 71.6 Å². The first-order valence-electron chi connectivity index (χ1n) is 5.81. The van der Waals surface area contributed by atoms with Crippen molar-refractivity contribution in [3.63, 3.8) is 0 Å². The van der Waals surface area contributed by atoms with Gasteiger partial charge >= 0.3 is 0 Å². The van der Waals surface area contributed by atoms with Gasteiger partial charge in [-0.2, -0.15) is 0 Å². The molecule has 80 valence electrons. The summed E-state index contributed by atoms with van der Waals surface area (Å²) in [7, 11) is 0. The van der Waals surface area contributed by atoms with Gasteiger partial charge in [-0.25, -0.2) is 0 Å².